The maximum atomic E-state index is 5.14. The Hall–Kier alpha value is -1.40. The third kappa shape index (κ3) is 3.54. The maximum absolute atomic E-state index is 5.14. The van der Waals surface area contributed by atoms with Crippen LogP contribution in [0.2, 0.25) is 0 Å². The lowest BCUT2D eigenvalue weighted by Crippen LogP contribution is -2.19. The van der Waals surface area contributed by atoms with E-state index in [2.05, 4.69) is 31.7 Å². The van der Waals surface area contributed by atoms with Crippen LogP contribution in [0, 0.1) is 6.92 Å². The van der Waals surface area contributed by atoms with E-state index in [1.54, 1.807) is 6.07 Å². The van der Waals surface area contributed by atoms with E-state index in [-0.39, 0.29) is 0 Å². The standard InChI is InChI=1S/C11H10BrN3OS/c1-7-6-10(15-16-7)14-11(17)13-9-4-2-8(12)3-5-9/h2-6H,1H3,(H2,13,14,15,17). The summed E-state index contributed by atoms with van der Waals surface area (Å²) in [6, 6.07) is 9.49. The van der Waals surface area contributed by atoms with Gasteiger partial charge in [0.25, 0.3) is 0 Å². The minimum absolute atomic E-state index is 0.473. The number of nitrogens with zero attached hydrogens (tertiary/aromatic N) is 1. The van der Waals surface area contributed by atoms with E-state index in [0.29, 0.717) is 10.9 Å². The van der Waals surface area contributed by atoms with Crippen molar-refractivity contribution in [1.82, 2.24) is 5.16 Å². The molecule has 0 atom stereocenters. The van der Waals surface area contributed by atoms with Gasteiger partial charge < -0.3 is 15.2 Å². The largest absolute Gasteiger partial charge is 0.360 e. The smallest absolute Gasteiger partial charge is 0.176 e. The first-order chi connectivity index (χ1) is 8.13. The van der Waals surface area contributed by atoms with Crippen LogP contribution in [-0.4, -0.2) is 10.3 Å². The Bertz CT molecular complexity index is 524. The number of nitrogens with one attached hydrogen (secondary N) is 2. The van der Waals surface area contributed by atoms with Gasteiger partial charge in [0.2, 0.25) is 0 Å². The lowest BCUT2D eigenvalue weighted by Gasteiger charge is -2.07. The molecule has 0 amide bonds. The molecule has 17 heavy (non-hydrogen) atoms. The number of aryl methyl sites for hydroxylation is 1. The molecule has 2 rings (SSSR count). The van der Waals surface area contributed by atoms with Gasteiger partial charge in [-0.25, -0.2) is 0 Å². The van der Waals surface area contributed by atoms with Crippen molar-refractivity contribution >= 4 is 44.8 Å². The van der Waals surface area contributed by atoms with Crippen LogP contribution in [-0.2, 0) is 0 Å². The SMILES string of the molecule is Cc1cc(NC(=S)Nc2ccc(Br)cc2)no1. The summed E-state index contributed by atoms with van der Waals surface area (Å²) >= 11 is 8.51. The molecule has 4 nitrogen and oxygen atoms in total. The van der Waals surface area contributed by atoms with Gasteiger partial charge in [-0.05, 0) is 43.4 Å². The molecule has 2 aromatic rings. The van der Waals surface area contributed by atoms with Gasteiger partial charge in [0.1, 0.15) is 5.76 Å². The van der Waals surface area contributed by atoms with Crippen molar-refractivity contribution in [1.29, 1.82) is 0 Å². The number of rotatable bonds is 2. The van der Waals surface area contributed by atoms with Crippen molar-refractivity contribution in [3.05, 3.63) is 40.6 Å². The van der Waals surface area contributed by atoms with E-state index in [4.69, 9.17) is 16.7 Å². The molecular weight excluding hydrogens is 302 g/mol. The first kappa shape index (κ1) is 12.1. The molecule has 2 N–H and O–H groups in total. The van der Waals surface area contributed by atoms with Crippen LogP contribution in [0.4, 0.5) is 11.5 Å². The Kier molecular flexibility index (Phi) is 3.75. The number of halogens is 1. The summed E-state index contributed by atoms with van der Waals surface area (Å²) in [4.78, 5) is 0. The van der Waals surface area contributed by atoms with Crippen LogP contribution in [0.15, 0.2) is 39.3 Å². The average Bonchev–Trinajstić information content (AvgIpc) is 2.67. The first-order valence-electron chi connectivity index (χ1n) is 4.90. The number of thiocarbonyl (C=S) groups is 1. The highest BCUT2D eigenvalue weighted by molar-refractivity contribution is 9.10. The van der Waals surface area contributed by atoms with E-state index < -0.39 is 0 Å². The fraction of sp³-hybridized carbons (Fsp3) is 0.0909. The Balaban J connectivity index is 1.95. The molecule has 1 aromatic heterocycles. The minimum Gasteiger partial charge on any atom is -0.360 e. The Morgan fingerprint density at radius 3 is 2.59 bits per heavy atom. The van der Waals surface area contributed by atoms with E-state index in [0.717, 1.165) is 15.9 Å². The van der Waals surface area contributed by atoms with Crippen molar-refractivity contribution in [3.8, 4) is 0 Å². The van der Waals surface area contributed by atoms with Crippen molar-refractivity contribution in [2.75, 3.05) is 10.6 Å². The highest BCUT2D eigenvalue weighted by Crippen LogP contribution is 2.14. The van der Waals surface area contributed by atoms with E-state index in [1.807, 2.05) is 31.2 Å². The van der Waals surface area contributed by atoms with E-state index >= 15 is 0 Å². The predicted octanol–water partition coefficient (Wildman–Crippen LogP) is 3.55. The second-order valence-electron chi connectivity index (χ2n) is 3.41. The molecular formula is C11H10BrN3OS. The third-order valence-corrected chi connectivity index (χ3v) is 2.70. The summed E-state index contributed by atoms with van der Waals surface area (Å²) < 4.78 is 5.95. The Morgan fingerprint density at radius 1 is 1.29 bits per heavy atom. The van der Waals surface area contributed by atoms with Crippen molar-refractivity contribution in [3.63, 3.8) is 0 Å². The molecule has 0 fully saturated rings. The predicted molar refractivity (Wildman–Crippen MR) is 75.2 cm³/mol. The third-order valence-electron chi connectivity index (χ3n) is 1.97. The average molecular weight is 312 g/mol. The molecule has 0 unspecified atom stereocenters. The summed E-state index contributed by atoms with van der Waals surface area (Å²) in [5.41, 5.74) is 0.908. The minimum atomic E-state index is 0.473. The van der Waals surface area contributed by atoms with E-state index in [9.17, 15) is 0 Å². The molecule has 6 heteroatoms. The zero-order valence-electron chi connectivity index (χ0n) is 9.03. The molecule has 1 heterocycles. The van der Waals surface area contributed by atoms with Gasteiger partial charge in [-0.1, -0.05) is 21.1 Å². The van der Waals surface area contributed by atoms with Crippen molar-refractivity contribution in [2.24, 2.45) is 0 Å². The molecule has 0 saturated carbocycles. The fourth-order valence-electron chi connectivity index (χ4n) is 1.24. The molecule has 0 radical (unpaired) electrons. The second kappa shape index (κ2) is 5.29. The monoisotopic (exact) mass is 311 g/mol. The normalized spacial score (nSPS) is 10.0. The van der Waals surface area contributed by atoms with Crippen LogP contribution in [0.5, 0.6) is 0 Å². The highest BCUT2D eigenvalue weighted by Gasteiger charge is 2.02. The van der Waals surface area contributed by atoms with E-state index in [1.165, 1.54) is 0 Å². The van der Waals surface area contributed by atoms with Gasteiger partial charge >= 0.3 is 0 Å². The summed E-state index contributed by atoms with van der Waals surface area (Å²) in [6.07, 6.45) is 0. The summed E-state index contributed by atoms with van der Waals surface area (Å²) in [7, 11) is 0. The van der Waals surface area contributed by atoms with Gasteiger partial charge in [-0.3, -0.25) is 0 Å². The van der Waals surface area contributed by atoms with Crippen LogP contribution in [0.25, 0.3) is 0 Å². The maximum Gasteiger partial charge on any atom is 0.176 e. The molecule has 0 aliphatic carbocycles. The quantitative estimate of drug-likeness (QED) is 0.831. The number of benzene rings is 1. The summed E-state index contributed by atoms with van der Waals surface area (Å²) in [5, 5.41) is 10.2. The number of aromatic nitrogens is 1. The Labute approximate surface area is 113 Å². The number of hydrogen-bond donors (Lipinski definition) is 2. The molecule has 1 aromatic carbocycles. The summed E-state index contributed by atoms with van der Waals surface area (Å²) in [5.74, 6) is 1.33. The summed E-state index contributed by atoms with van der Waals surface area (Å²) in [6.45, 7) is 1.82. The second-order valence-corrected chi connectivity index (χ2v) is 4.73. The number of anilines is 2. The van der Waals surface area contributed by atoms with Crippen LogP contribution < -0.4 is 10.6 Å². The zero-order valence-corrected chi connectivity index (χ0v) is 11.4. The van der Waals surface area contributed by atoms with Gasteiger partial charge in [0.05, 0.1) is 0 Å². The van der Waals surface area contributed by atoms with Crippen LogP contribution in [0.1, 0.15) is 5.76 Å². The molecule has 88 valence electrons. The fourth-order valence-corrected chi connectivity index (χ4v) is 1.72. The van der Waals surface area contributed by atoms with Gasteiger partial charge in [0.15, 0.2) is 10.9 Å². The molecule has 0 saturated heterocycles. The van der Waals surface area contributed by atoms with Crippen molar-refractivity contribution < 1.29 is 4.52 Å². The lowest BCUT2D eigenvalue weighted by molar-refractivity contribution is 0.400. The highest BCUT2D eigenvalue weighted by atomic mass is 79.9. The Morgan fingerprint density at radius 2 is 2.00 bits per heavy atom. The molecule has 0 aliphatic rings. The first-order valence-corrected chi connectivity index (χ1v) is 6.10. The topological polar surface area (TPSA) is 50.1 Å². The molecule has 0 spiro atoms. The van der Waals surface area contributed by atoms with Gasteiger partial charge in [-0.15, -0.1) is 0 Å². The molecule has 0 bridgehead atoms. The van der Waals surface area contributed by atoms with Crippen molar-refractivity contribution in [2.45, 2.75) is 6.92 Å². The van der Waals surface area contributed by atoms with Crippen LogP contribution in [0.3, 0.4) is 0 Å². The van der Waals surface area contributed by atoms with Gasteiger partial charge in [0, 0.05) is 16.2 Å². The zero-order chi connectivity index (χ0) is 12.3. The van der Waals surface area contributed by atoms with Gasteiger partial charge in [-0.2, -0.15) is 0 Å². The molecule has 0 aliphatic heterocycles. The lowest BCUT2D eigenvalue weighted by atomic mass is 10.3. The number of hydrogen-bond acceptors (Lipinski definition) is 3. The van der Waals surface area contributed by atoms with Crippen LogP contribution >= 0.6 is 28.1 Å².